The van der Waals surface area contributed by atoms with Crippen molar-refractivity contribution < 1.29 is 4.74 Å². The summed E-state index contributed by atoms with van der Waals surface area (Å²) in [4.78, 5) is 8.69. The van der Waals surface area contributed by atoms with Crippen LogP contribution in [0, 0.1) is 6.92 Å². The number of rotatable bonds is 5. The topological polar surface area (TPSA) is 47.0 Å². The highest BCUT2D eigenvalue weighted by molar-refractivity contribution is 5.20. The lowest BCUT2D eigenvalue weighted by molar-refractivity contribution is 0.391. The van der Waals surface area contributed by atoms with Crippen LogP contribution in [-0.2, 0) is 0 Å². The van der Waals surface area contributed by atoms with Gasteiger partial charge in [0.2, 0.25) is 5.88 Å². The molecule has 1 N–H and O–H groups in total. The molecular weight excluding hydrogens is 202 g/mol. The lowest BCUT2D eigenvalue weighted by Crippen LogP contribution is -2.29. The van der Waals surface area contributed by atoms with Crippen LogP contribution in [0.2, 0.25) is 0 Å². The Bertz CT molecular complexity index is 341. The van der Waals surface area contributed by atoms with Gasteiger partial charge in [0.05, 0.1) is 12.8 Å². The Labute approximate surface area is 97.5 Å². The van der Waals surface area contributed by atoms with Crippen LogP contribution in [0.3, 0.4) is 0 Å². The van der Waals surface area contributed by atoms with Crippen LogP contribution in [0.15, 0.2) is 6.07 Å². The van der Waals surface area contributed by atoms with Crippen molar-refractivity contribution in [3.05, 3.63) is 17.6 Å². The zero-order valence-electron chi connectivity index (χ0n) is 10.7. The van der Waals surface area contributed by atoms with Gasteiger partial charge in [-0.15, -0.1) is 0 Å². The first kappa shape index (κ1) is 12.9. The van der Waals surface area contributed by atoms with Crippen LogP contribution >= 0.6 is 0 Å². The van der Waals surface area contributed by atoms with E-state index in [1.54, 1.807) is 7.11 Å². The van der Waals surface area contributed by atoms with Crippen molar-refractivity contribution in [1.29, 1.82) is 0 Å². The molecule has 0 aliphatic heterocycles. The quantitative estimate of drug-likeness (QED) is 0.828. The molecule has 0 spiro atoms. The Kier molecular flexibility index (Phi) is 4.68. The molecule has 1 rings (SSSR count). The van der Waals surface area contributed by atoms with Gasteiger partial charge in [-0.2, -0.15) is 4.98 Å². The average molecular weight is 223 g/mol. The van der Waals surface area contributed by atoms with Crippen molar-refractivity contribution in [3.63, 3.8) is 0 Å². The molecular formula is C12H21N3O. The number of nitrogens with one attached hydrogen (secondary N) is 1. The number of hydrogen-bond acceptors (Lipinski definition) is 4. The summed E-state index contributed by atoms with van der Waals surface area (Å²) in [5.74, 6) is 1.79. The average Bonchev–Trinajstić information content (AvgIpc) is 2.29. The third-order valence-electron chi connectivity index (χ3n) is 2.92. The number of nitrogens with zero attached hydrogens (tertiary/aromatic N) is 2. The molecule has 1 aromatic rings. The molecule has 0 aromatic carbocycles. The van der Waals surface area contributed by atoms with Crippen molar-refractivity contribution in [3.8, 4) is 5.88 Å². The molecule has 0 fully saturated rings. The monoisotopic (exact) mass is 223 g/mol. The summed E-state index contributed by atoms with van der Waals surface area (Å²) in [7, 11) is 3.60. The fraction of sp³-hybridized carbons (Fsp3) is 0.667. The van der Waals surface area contributed by atoms with Crippen LogP contribution in [0.4, 0.5) is 0 Å². The van der Waals surface area contributed by atoms with E-state index in [4.69, 9.17) is 4.74 Å². The highest BCUT2D eigenvalue weighted by Gasteiger charge is 2.18. The van der Waals surface area contributed by atoms with Gasteiger partial charge in [-0.05, 0) is 27.3 Å². The maximum atomic E-state index is 5.17. The van der Waals surface area contributed by atoms with Crippen LogP contribution in [-0.4, -0.2) is 30.2 Å². The number of likely N-dealkylation sites (N-methyl/N-ethyl adjacent to an activating group) is 1. The lowest BCUT2D eigenvalue weighted by atomic mass is 9.94. The van der Waals surface area contributed by atoms with E-state index in [0.29, 0.717) is 17.8 Å². The molecule has 90 valence electrons. The van der Waals surface area contributed by atoms with Crippen LogP contribution in [0.25, 0.3) is 0 Å². The normalized spacial score (nSPS) is 14.6. The first-order valence-electron chi connectivity index (χ1n) is 5.69. The first-order valence-corrected chi connectivity index (χ1v) is 5.69. The smallest absolute Gasteiger partial charge is 0.216 e. The van der Waals surface area contributed by atoms with Crippen molar-refractivity contribution in [2.24, 2.45) is 0 Å². The minimum atomic E-state index is 0.389. The molecule has 0 bridgehead atoms. The SMILES string of the molecule is CCC(c1cc(OC)nc(C)n1)C(C)NC. The third kappa shape index (κ3) is 2.92. The molecule has 1 heterocycles. The van der Waals surface area contributed by atoms with E-state index in [0.717, 1.165) is 17.9 Å². The molecule has 2 atom stereocenters. The van der Waals surface area contributed by atoms with Gasteiger partial charge in [0.1, 0.15) is 5.82 Å². The number of aryl methyl sites for hydroxylation is 1. The van der Waals surface area contributed by atoms with Gasteiger partial charge >= 0.3 is 0 Å². The van der Waals surface area contributed by atoms with Crippen molar-refractivity contribution in [1.82, 2.24) is 15.3 Å². The molecule has 0 saturated carbocycles. The Hall–Kier alpha value is -1.16. The number of methoxy groups -OCH3 is 1. The molecule has 0 radical (unpaired) electrons. The molecule has 0 aliphatic carbocycles. The largest absolute Gasteiger partial charge is 0.481 e. The predicted molar refractivity (Wildman–Crippen MR) is 64.9 cm³/mol. The first-order chi connectivity index (χ1) is 7.62. The van der Waals surface area contributed by atoms with Crippen LogP contribution in [0.5, 0.6) is 5.88 Å². The van der Waals surface area contributed by atoms with Gasteiger partial charge in [0, 0.05) is 18.0 Å². The predicted octanol–water partition coefficient (Wildman–Crippen LogP) is 1.90. The number of ether oxygens (including phenoxy) is 1. The van der Waals surface area contributed by atoms with E-state index in [-0.39, 0.29) is 0 Å². The summed E-state index contributed by atoms with van der Waals surface area (Å²) >= 11 is 0. The molecule has 0 amide bonds. The second kappa shape index (κ2) is 5.80. The highest BCUT2D eigenvalue weighted by atomic mass is 16.5. The van der Waals surface area contributed by atoms with Gasteiger partial charge < -0.3 is 10.1 Å². The van der Waals surface area contributed by atoms with Gasteiger partial charge in [-0.25, -0.2) is 4.98 Å². The van der Waals surface area contributed by atoms with E-state index >= 15 is 0 Å². The van der Waals surface area contributed by atoms with Crippen LogP contribution in [0.1, 0.15) is 37.7 Å². The maximum absolute atomic E-state index is 5.17. The number of aromatic nitrogens is 2. The molecule has 0 saturated heterocycles. The molecule has 2 unspecified atom stereocenters. The van der Waals surface area contributed by atoms with Gasteiger partial charge in [-0.1, -0.05) is 6.92 Å². The van der Waals surface area contributed by atoms with Gasteiger partial charge in [-0.3, -0.25) is 0 Å². The summed E-state index contributed by atoms with van der Waals surface area (Å²) in [5, 5.41) is 3.27. The second-order valence-electron chi connectivity index (χ2n) is 3.97. The summed E-state index contributed by atoms with van der Waals surface area (Å²) in [6, 6.07) is 2.32. The fourth-order valence-electron chi connectivity index (χ4n) is 1.88. The lowest BCUT2D eigenvalue weighted by Gasteiger charge is -2.22. The minimum absolute atomic E-state index is 0.389. The molecule has 4 nitrogen and oxygen atoms in total. The third-order valence-corrected chi connectivity index (χ3v) is 2.92. The summed E-state index contributed by atoms with van der Waals surface area (Å²) in [6.07, 6.45) is 1.04. The Morgan fingerprint density at radius 2 is 2.12 bits per heavy atom. The van der Waals surface area contributed by atoms with Gasteiger partial charge in [0.25, 0.3) is 0 Å². The molecule has 16 heavy (non-hydrogen) atoms. The summed E-state index contributed by atoms with van der Waals surface area (Å²) < 4.78 is 5.17. The van der Waals surface area contributed by atoms with E-state index in [1.807, 2.05) is 20.0 Å². The number of hydrogen-bond donors (Lipinski definition) is 1. The Balaban J connectivity index is 3.04. The molecule has 0 aliphatic rings. The Morgan fingerprint density at radius 3 is 2.62 bits per heavy atom. The summed E-state index contributed by atoms with van der Waals surface area (Å²) in [5.41, 5.74) is 1.05. The fourth-order valence-corrected chi connectivity index (χ4v) is 1.88. The van der Waals surface area contributed by atoms with Crippen LogP contribution < -0.4 is 10.1 Å². The molecule has 4 heteroatoms. The second-order valence-corrected chi connectivity index (χ2v) is 3.97. The summed E-state index contributed by atoms with van der Waals surface area (Å²) in [6.45, 7) is 6.23. The van der Waals surface area contributed by atoms with E-state index in [9.17, 15) is 0 Å². The Morgan fingerprint density at radius 1 is 1.44 bits per heavy atom. The van der Waals surface area contributed by atoms with E-state index in [2.05, 4.69) is 29.1 Å². The maximum Gasteiger partial charge on any atom is 0.216 e. The molecule has 1 aromatic heterocycles. The minimum Gasteiger partial charge on any atom is -0.481 e. The van der Waals surface area contributed by atoms with Crippen molar-refractivity contribution >= 4 is 0 Å². The highest BCUT2D eigenvalue weighted by Crippen LogP contribution is 2.23. The van der Waals surface area contributed by atoms with Crippen molar-refractivity contribution in [2.45, 2.75) is 39.2 Å². The zero-order chi connectivity index (χ0) is 12.1. The van der Waals surface area contributed by atoms with Crippen molar-refractivity contribution in [2.75, 3.05) is 14.2 Å². The zero-order valence-corrected chi connectivity index (χ0v) is 10.7. The van der Waals surface area contributed by atoms with Gasteiger partial charge in [0.15, 0.2) is 0 Å². The van der Waals surface area contributed by atoms with E-state index in [1.165, 1.54) is 0 Å². The van der Waals surface area contributed by atoms with E-state index < -0.39 is 0 Å². The standard InChI is InChI=1S/C12H21N3O/c1-6-10(8(2)13-4)11-7-12(16-5)15-9(3)14-11/h7-8,10,13H,6H2,1-5H3.